The molecule has 2 unspecified atom stereocenters. The number of rotatable bonds is 7. The van der Waals surface area contributed by atoms with Gasteiger partial charge in [0.1, 0.15) is 6.61 Å². The number of fused-ring (bicyclic) bond motifs is 1. The van der Waals surface area contributed by atoms with Crippen molar-refractivity contribution in [2.45, 2.75) is 45.5 Å². The molecular weight excluding hydrogens is 423 g/mol. The molecule has 0 bridgehead atoms. The first-order valence-electron chi connectivity index (χ1n) is 12.7. The highest BCUT2D eigenvalue weighted by atomic mass is 16.5. The number of pyridine rings is 1. The summed E-state index contributed by atoms with van der Waals surface area (Å²) in [5, 5.41) is 3.13. The maximum atomic E-state index is 12.7. The van der Waals surface area contributed by atoms with Crippen LogP contribution in [0.1, 0.15) is 43.2 Å². The Bertz CT molecular complexity index is 998. The summed E-state index contributed by atoms with van der Waals surface area (Å²) in [6.07, 6.45) is 11.4. The van der Waals surface area contributed by atoms with E-state index < -0.39 is 0 Å². The van der Waals surface area contributed by atoms with E-state index in [-0.39, 0.29) is 5.91 Å². The SMILES string of the molecule is C=C([B]C)N1CCCC(C(=C)N2CCC3(CC2)CC3CNC(=O)C2=Cc3ccncc3CO2)C1. The molecule has 1 radical (unpaired) electrons. The molecule has 1 saturated carbocycles. The molecule has 1 aromatic rings. The minimum Gasteiger partial charge on any atom is -0.483 e. The highest BCUT2D eigenvalue weighted by molar-refractivity contribution is 6.42. The van der Waals surface area contributed by atoms with Crippen molar-refractivity contribution in [3.63, 3.8) is 0 Å². The average molecular weight is 459 g/mol. The van der Waals surface area contributed by atoms with E-state index in [1.807, 2.05) is 12.1 Å². The molecule has 5 rings (SSSR count). The zero-order valence-corrected chi connectivity index (χ0v) is 20.4. The fraction of sp³-hybridized carbons (Fsp3) is 0.556. The topological polar surface area (TPSA) is 57.7 Å². The Hall–Kier alpha value is -2.70. The Balaban J connectivity index is 1.08. The van der Waals surface area contributed by atoms with Crippen molar-refractivity contribution < 1.29 is 9.53 Å². The minimum atomic E-state index is -0.108. The molecule has 1 spiro atoms. The van der Waals surface area contributed by atoms with E-state index in [4.69, 9.17) is 4.74 Å². The molecule has 1 aromatic heterocycles. The number of ether oxygens (including phenoxy) is 1. The molecule has 1 amide bonds. The van der Waals surface area contributed by atoms with E-state index >= 15 is 0 Å². The van der Waals surface area contributed by atoms with Crippen molar-refractivity contribution in [2.24, 2.45) is 17.3 Å². The van der Waals surface area contributed by atoms with E-state index in [9.17, 15) is 4.79 Å². The second-order valence-corrected chi connectivity index (χ2v) is 10.4. The Morgan fingerprint density at radius 2 is 2.12 bits per heavy atom. The largest absolute Gasteiger partial charge is 0.483 e. The zero-order chi connectivity index (χ0) is 23.7. The lowest BCUT2D eigenvalue weighted by atomic mass is 9.76. The third-order valence-corrected chi connectivity index (χ3v) is 8.50. The van der Waals surface area contributed by atoms with Crippen LogP contribution in [0.4, 0.5) is 0 Å². The second kappa shape index (κ2) is 9.51. The van der Waals surface area contributed by atoms with E-state index in [0.29, 0.717) is 29.6 Å². The van der Waals surface area contributed by atoms with Crippen LogP contribution in [0.15, 0.2) is 48.7 Å². The maximum absolute atomic E-state index is 12.7. The molecule has 1 aliphatic carbocycles. The number of hydrogen-bond donors (Lipinski definition) is 1. The van der Waals surface area contributed by atoms with E-state index in [2.05, 4.69) is 47.4 Å². The van der Waals surface area contributed by atoms with Crippen molar-refractivity contribution >= 4 is 19.3 Å². The van der Waals surface area contributed by atoms with E-state index in [1.165, 1.54) is 37.8 Å². The smallest absolute Gasteiger partial charge is 0.286 e. The first-order chi connectivity index (χ1) is 16.5. The molecule has 179 valence electrons. The van der Waals surface area contributed by atoms with Gasteiger partial charge in [0.25, 0.3) is 5.91 Å². The summed E-state index contributed by atoms with van der Waals surface area (Å²) in [6.45, 7) is 16.2. The van der Waals surface area contributed by atoms with Gasteiger partial charge >= 0.3 is 0 Å². The minimum absolute atomic E-state index is 0.108. The first kappa shape index (κ1) is 23.1. The van der Waals surface area contributed by atoms with Crippen LogP contribution in [0.25, 0.3) is 6.08 Å². The summed E-state index contributed by atoms with van der Waals surface area (Å²) in [6, 6.07) is 1.92. The van der Waals surface area contributed by atoms with Crippen LogP contribution in [0, 0.1) is 17.3 Å². The van der Waals surface area contributed by atoms with Crippen molar-refractivity contribution in [2.75, 3.05) is 32.7 Å². The van der Waals surface area contributed by atoms with Gasteiger partial charge in [-0.05, 0) is 66.7 Å². The van der Waals surface area contributed by atoms with Crippen LogP contribution in [0.5, 0.6) is 0 Å². The summed E-state index contributed by atoms with van der Waals surface area (Å²) >= 11 is 0. The molecule has 3 aliphatic heterocycles. The standard InChI is InChI=1S/C27H36BN4O2/c1-19(22-5-4-10-32(17-22)20(2)28-3)31-11-7-27(8-12-31)14-24(27)16-30-26(33)25-13-21-6-9-29-15-23(21)18-34-25/h6,9,13,15,22,24H,1-2,4-5,7-8,10-12,14,16-18H2,3H3,(H,30,33). The Morgan fingerprint density at radius 3 is 2.91 bits per heavy atom. The zero-order valence-electron chi connectivity index (χ0n) is 20.4. The fourth-order valence-corrected chi connectivity index (χ4v) is 5.99. The average Bonchev–Trinajstić information content (AvgIpc) is 3.57. The highest BCUT2D eigenvalue weighted by Crippen LogP contribution is 2.59. The number of amides is 1. The molecule has 4 aliphatic rings. The molecule has 2 saturated heterocycles. The Labute approximate surface area is 204 Å². The lowest BCUT2D eigenvalue weighted by Gasteiger charge is -2.42. The van der Waals surface area contributed by atoms with Crippen LogP contribution in [-0.4, -0.2) is 60.7 Å². The molecule has 1 N–H and O–H groups in total. The fourth-order valence-electron chi connectivity index (χ4n) is 5.99. The summed E-state index contributed by atoms with van der Waals surface area (Å²) in [5.74, 6) is 1.40. The monoisotopic (exact) mass is 459 g/mol. The van der Waals surface area contributed by atoms with Crippen LogP contribution in [0.3, 0.4) is 0 Å². The molecular formula is C27H36BN4O2. The summed E-state index contributed by atoms with van der Waals surface area (Å²) in [7, 11) is 2.11. The predicted molar refractivity (Wildman–Crippen MR) is 136 cm³/mol. The van der Waals surface area contributed by atoms with Crippen LogP contribution < -0.4 is 5.32 Å². The van der Waals surface area contributed by atoms with Gasteiger partial charge in [-0.1, -0.05) is 20.0 Å². The Kier molecular flexibility index (Phi) is 6.45. The van der Waals surface area contributed by atoms with Crippen molar-refractivity contribution in [3.8, 4) is 0 Å². The normalized spacial score (nSPS) is 25.0. The summed E-state index contributed by atoms with van der Waals surface area (Å²) < 4.78 is 5.67. The van der Waals surface area contributed by atoms with Gasteiger partial charge in [0.05, 0.1) is 0 Å². The van der Waals surface area contributed by atoms with Gasteiger partial charge in [0, 0.05) is 62.3 Å². The molecule has 34 heavy (non-hydrogen) atoms. The molecule has 3 fully saturated rings. The van der Waals surface area contributed by atoms with Gasteiger partial charge in [-0.25, -0.2) is 0 Å². The number of aromatic nitrogens is 1. The van der Waals surface area contributed by atoms with Crippen LogP contribution in [0.2, 0.25) is 6.82 Å². The van der Waals surface area contributed by atoms with E-state index in [0.717, 1.165) is 49.4 Å². The van der Waals surface area contributed by atoms with Gasteiger partial charge in [-0.15, -0.1) is 0 Å². The number of carbonyl (C=O) groups is 1. The third kappa shape index (κ3) is 4.62. The van der Waals surface area contributed by atoms with Crippen LogP contribution in [-0.2, 0) is 16.1 Å². The lowest BCUT2D eigenvalue weighted by Crippen LogP contribution is -2.42. The molecule has 6 nitrogen and oxygen atoms in total. The second-order valence-electron chi connectivity index (χ2n) is 10.4. The van der Waals surface area contributed by atoms with Gasteiger partial charge < -0.3 is 19.9 Å². The van der Waals surface area contributed by atoms with Crippen molar-refractivity contribution in [1.29, 1.82) is 0 Å². The van der Waals surface area contributed by atoms with Crippen LogP contribution >= 0.6 is 0 Å². The number of nitrogens with one attached hydrogen (secondary N) is 1. The van der Waals surface area contributed by atoms with Gasteiger partial charge in [0.2, 0.25) is 0 Å². The van der Waals surface area contributed by atoms with E-state index in [1.54, 1.807) is 12.4 Å². The predicted octanol–water partition coefficient (Wildman–Crippen LogP) is 3.62. The van der Waals surface area contributed by atoms with Gasteiger partial charge in [-0.2, -0.15) is 0 Å². The number of nitrogens with zero attached hydrogens (tertiary/aromatic N) is 3. The van der Waals surface area contributed by atoms with Gasteiger partial charge in [-0.3, -0.25) is 9.78 Å². The molecule has 0 aromatic carbocycles. The maximum Gasteiger partial charge on any atom is 0.286 e. The first-order valence-corrected chi connectivity index (χ1v) is 12.7. The summed E-state index contributed by atoms with van der Waals surface area (Å²) in [5.41, 5.74) is 4.87. The quantitative estimate of drug-likeness (QED) is 0.632. The lowest BCUT2D eigenvalue weighted by molar-refractivity contribution is -0.121. The van der Waals surface area contributed by atoms with Gasteiger partial charge in [0.15, 0.2) is 13.0 Å². The Morgan fingerprint density at radius 1 is 1.29 bits per heavy atom. The molecule has 2 atom stereocenters. The number of hydrogen-bond acceptors (Lipinski definition) is 5. The highest BCUT2D eigenvalue weighted by Gasteiger charge is 2.54. The van der Waals surface area contributed by atoms with Crippen molar-refractivity contribution in [3.05, 3.63) is 59.8 Å². The molecule has 7 heteroatoms. The number of piperidine rings is 2. The summed E-state index contributed by atoms with van der Waals surface area (Å²) in [4.78, 5) is 21.7. The number of carbonyl (C=O) groups excluding carboxylic acids is 1. The molecule has 4 heterocycles. The van der Waals surface area contributed by atoms with Crippen molar-refractivity contribution in [1.82, 2.24) is 20.1 Å². The number of likely N-dealkylation sites (tertiary alicyclic amines) is 2. The third-order valence-electron chi connectivity index (χ3n) is 8.50.